The molecule has 0 atom stereocenters. The van der Waals surface area contributed by atoms with Crippen LogP contribution in [-0.4, -0.2) is 33.4 Å². The van der Waals surface area contributed by atoms with Crippen LogP contribution in [0.15, 0.2) is 28.8 Å². The minimum atomic E-state index is -0.385. The van der Waals surface area contributed by atoms with Gasteiger partial charge >= 0.3 is 0 Å². The van der Waals surface area contributed by atoms with E-state index in [2.05, 4.69) is 15.5 Å². The largest absolute Gasteiger partial charge is 0.361 e. The van der Waals surface area contributed by atoms with Crippen molar-refractivity contribution in [2.75, 3.05) is 11.9 Å². The summed E-state index contributed by atoms with van der Waals surface area (Å²) in [4.78, 5) is 32.1. The monoisotopic (exact) mass is 436 g/mol. The molecule has 2 aromatic heterocycles. The van der Waals surface area contributed by atoms with E-state index in [1.807, 2.05) is 0 Å². The first kappa shape index (κ1) is 18.9. The average molecular weight is 437 g/mol. The topological polar surface area (TPSA) is 88.3 Å². The Bertz CT molecular complexity index is 1080. The second-order valence-electron chi connectivity index (χ2n) is 6.27. The SMILES string of the molecule is Cc1cc(C(=O)Nc2nc3c(s2)CN(C(=O)c2ccc(Cl)cc2Cl)CC3)no1. The van der Waals surface area contributed by atoms with Gasteiger partial charge in [0.05, 0.1) is 22.8 Å². The third kappa shape index (κ3) is 3.76. The number of anilines is 1. The van der Waals surface area contributed by atoms with Crippen molar-refractivity contribution in [3.8, 4) is 0 Å². The molecule has 0 aliphatic carbocycles. The molecule has 0 radical (unpaired) electrons. The van der Waals surface area contributed by atoms with E-state index in [0.29, 0.717) is 46.0 Å². The molecule has 1 aliphatic heterocycles. The van der Waals surface area contributed by atoms with Crippen LogP contribution in [0, 0.1) is 6.92 Å². The van der Waals surface area contributed by atoms with Gasteiger partial charge in [-0.1, -0.05) is 39.7 Å². The molecule has 4 rings (SSSR count). The second-order valence-corrected chi connectivity index (χ2v) is 8.19. The van der Waals surface area contributed by atoms with Gasteiger partial charge in [0, 0.05) is 28.9 Å². The summed E-state index contributed by atoms with van der Waals surface area (Å²) in [5.74, 6) is 0.00629. The normalized spacial score (nSPS) is 13.3. The standard InChI is InChI=1S/C18H14Cl2N4O3S/c1-9-6-14(23-27-9)16(25)22-18-21-13-4-5-24(8-15(13)28-18)17(26)11-3-2-10(19)7-12(11)20/h2-3,6-7H,4-5,8H2,1H3,(H,21,22,25). The zero-order valence-electron chi connectivity index (χ0n) is 14.7. The number of fused-ring (bicyclic) bond motifs is 1. The van der Waals surface area contributed by atoms with Crippen molar-refractivity contribution >= 4 is 51.5 Å². The number of aryl methyl sites for hydroxylation is 1. The fraction of sp³-hybridized carbons (Fsp3) is 0.222. The molecule has 0 unspecified atom stereocenters. The highest BCUT2D eigenvalue weighted by molar-refractivity contribution is 7.15. The molecule has 0 saturated carbocycles. The molecular weight excluding hydrogens is 423 g/mol. The summed E-state index contributed by atoms with van der Waals surface area (Å²) in [5, 5.41) is 7.69. The summed E-state index contributed by atoms with van der Waals surface area (Å²) in [6.07, 6.45) is 0.599. The molecule has 2 amide bonds. The number of benzene rings is 1. The maximum absolute atomic E-state index is 12.8. The van der Waals surface area contributed by atoms with Gasteiger partial charge in [-0.15, -0.1) is 0 Å². The van der Waals surface area contributed by atoms with Crippen molar-refractivity contribution in [2.45, 2.75) is 19.9 Å². The number of carbonyl (C=O) groups excluding carboxylic acids is 2. The third-order valence-electron chi connectivity index (χ3n) is 4.26. The number of aromatic nitrogens is 2. The zero-order chi connectivity index (χ0) is 19.8. The van der Waals surface area contributed by atoms with Gasteiger partial charge in [0.15, 0.2) is 10.8 Å². The Morgan fingerprint density at radius 1 is 1.29 bits per heavy atom. The molecule has 0 saturated heterocycles. The van der Waals surface area contributed by atoms with E-state index in [4.69, 9.17) is 27.7 Å². The molecule has 0 bridgehead atoms. The Kier molecular flexibility index (Phi) is 5.09. The number of rotatable bonds is 3. The number of nitrogens with zero attached hydrogens (tertiary/aromatic N) is 3. The van der Waals surface area contributed by atoms with Gasteiger partial charge in [-0.25, -0.2) is 4.98 Å². The number of halogens is 2. The van der Waals surface area contributed by atoms with Gasteiger partial charge in [-0.3, -0.25) is 14.9 Å². The van der Waals surface area contributed by atoms with Crippen LogP contribution < -0.4 is 5.32 Å². The second kappa shape index (κ2) is 7.54. The Hall–Kier alpha value is -2.42. The Balaban J connectivity index is 1.48. The first-order valence-electron chi connectivity index (χ1n) is 8.38. The first-order chi connectivity index (χ1) is 13.4. The number of hydrogen-bond acceptors (Lipinski definition) is 6. The van der Waals surface area contributed by atoms with Gasteiger partial charge in [0.25, 0.3) is 11.8 Å². The molecule has 0 fully saturated rings. The lowest BCUT2D eigenvalue weighted by molar-refractivity contribution is 0.0736. The van der Waals surface area contributed by atoms with Gasteiger partial charge in [0.1, 0.15) is 5.76 Å². The molecule has 28 heavy (non-hydrogen) atoms. The van der Waals surface area contributed by atoms with Crippen LogP contribution >= 0.6 is 34.5 Å². The van der Waals surface area contributed by atoms with E-state index in [1.54, 1.807) is 36.1 Å². The summed E-state index contributed by atoms with van der Waals surface area (Å²) in [6, 6.07) is 6.37. The van der Waals surface area contributed by atoms with E-state index in [9.17, 15) is 9.59 Å². The van der Waals surface area contributed by atoms with Crippen LogP contribution in [-0.2, 0) is 13.0 Å². The molecular formula is C18H14Cl2N4O3S. The van der Waals surface area contributed by atoms with Gasteiger partial charge in [0.2, 0.25) is 0 Å². The minimum Gasteiger partial charge on any atom is -0.361 e. The number of nitrogens with one attached hydrogen (secondary N) is 1. The number of amides is 2. The summed E-state index contributed by atoms with van der Waals surface area (Å²) in [7, 11) is 0. The minimum absolute atomic E-state index is 0.163. The fourth-order valence-corrected chi connectivity index (χ4v) is 4.40. The lowest BCUT2D eigenvalue weighted by atomic mass is 10.1. The Morgan fingerprint density at radius 2 is 2.11 bits per heavy atom. The predicted molar refractivity (Wildman–Crippen MR) is 106 cm³/mol. The third-order valence-corrected chi connectivity index (χ3v) is 5.81. The van der Waals surface area contributed by atoms with E-state index in [0.717, 1.165) is 10.6 Å². The zero-order valence-corrected chi connectivity index (χ0v) is 17.0. The van der Waals surface area contributed by atoms with Crippen LogP contribution in [0.4, 0.5) is 5.13 Å². The molecule has 10 heteroatoms. The molecule has 3 heterocycles. The summed E-state index contributed by atoms with van der Waals surface area (Å²) < 4.78 is 4.91. The highest BCUT2D eigenvalue weighted by atomic mass is 35.5. The van der Waals surface area contributed by atoms with E-state index in [-0.39, 0.29) is 17.5 Å². The van der Waals surface area contributed by atoms with Crippen molar-refractivity contribution in [3.05, 3.63) is 61.9 Å². The Labute approximate surface area is 174 Å². The van der Waals surface area contributed by atoms with Crippen LogP contribution in [0.1, 0.15) is 37.2 Å². The molecule has 0 spiro atoms. The summed E-state index contributed by atoms with van der Waals surface area (Å²) >= 11 is 13.4. The van der Waals surface area contributed by atoms with Crippen molar-refractivity contribution in [3.63, 3.8) is 0 Å². The quantitative estimate of drug-likeness (QED) is 0.664. The molecule has 1 aromatic carbocycles. The highest BCUT2D eigenvalue weighted by Crippen LogP contribution is 2.30. The van der Waals surface area contributed by atoms with Crippen molar-refractivity contribution < 1.29 is 14.1 Å². The molecule has 144 valence electrons. The van der Waals surface area contributed by atoms with E-state index in [1.165, 1.54) is 11.3 Å². The van der Waals surface area contributed by atoms with Crippen LogP contribution in [0.2, 0.25) is 10.0 Å². The number of carbonyl (C=O) groups is 2. The molecule has 1 N–H and O–H groups in total. The number of thiazole rings is 1. The molecule has 1 aliphatic rings. The van der Waals surface area contributed by atoms with E-state index < -0.39 is 0 Å². The first-order valence-corrected chi connectivity index (χ1v) is 9.95. The van der Waals surface area contributed by atoms with Crippen LogP contribution in [0.25, 0.3) is 0 Å². The van der Waals surface area contributed by atoms with Gasteiger partial charge in [-0.2, -0.15) is 0 Å². The maximum Gasteiger partial charge on any atom is 0.279 e. The lowest BCUT2D eigenvalue weighted by Gasteiger charge is -2.26. The average Bonchev–Trinajstić information content (AvgIpc) is 3.26. The van der Waals surface area contributed by atoms with Crippen LogP contribution in [0.5, 0.6) is 0 Å². The summed E-state index contributed by atoms with van der Waals surface area (Å²) in [5.41, 5.74) is 1.48. The maximum atomic E-state index is 12.8. The molecule has 3 aromatic rings. The lowest BCUT2D eigenvalue weighted by Crippen LogP contribution is -2.35. The van der Waals surface area contributed by atoms with Crippen molar-refractivity contribution in [1.29, 1.82) is 0 Å². The molecule has 7 nitrogen and oxygen atoms in total. The van der Waals surface area contributed by atoms with Gasteiger partial charge < -0.3 is 9.42 Å². The van der Waals surface area contributed by atoms with Crippen LogP contribution in [0.3, 0.4) is 0 Å². The van der Waals surface area contributed by atoms with Gasteiger partial charge in [-0.05, 0) is 25.1 Å². The number of hydrogen-bond donors (Lipinski definition) is 1. The van der Waals surface area contributed by atoms with E-state index >= 15 is 0 Å². The highest BCUT2D eigenvalue weighted by Gasteiger charge is 2.26. The Morgan fingerprint density at radius 3 is 2.82 bits per heavy atom. The smallest absolute Gasteiger partial charge is 0.279 e. The summed E-state index contributed by atoms with van der Waals surface area (Å²) in [6.45, 7) is 2.64. The van der Waals surface area contributed by atoms with Crippen molar-refractivity contribution in [2.24, 2.45) is 0 Å². The predicted octanol–water partition coefficient (Wildman–Crippen LogP) is 4.20. The fourth-order valence-electron chi connectivity index (χ4n) is 2.89. The van der Waals surface area contributed by atoms with Crippen molar-refractivity contribution in [1.82, 2.24) is 15.0 Å².